The lowest BCUT2D eigenvalue weighted by Gasteiger charge is -2.18. The maximum Gasteiger partial charge on any atom is 0.134 e. The summed E-state index contributed by atoms with van der Waals surface area (Å²) in [5.74, 6) is 2.87. The van der Waals surface area contributed by atoms with E-state index in [1.54, 1.807) is 12.6 Å². The summed E-state index contributed by atoms with van der Waals surface area (Å²) in [5, 5.41) is 6.64. The van der Waals surface area contributed by atoms with Gasteiger partial charge in [-0.1, -0.05) is 13.3 Å². The van der Waals surface area contributed by atoms with Gasteiger partial charge in [-0.3, -0.25) is 0 Å². The molecule has 2 N–H and O–H groups in total. The highest BCUT2D eigenvalue weighted by Crippen LogP contribution is 2.22. The van der Waals surface area contributed by atoms with E-state index in [2.05, 4.69) is 34.4 Å². The van der Waals surface area contributed by atoms with Gasteiger partial charge in [0.2, 0.25) is 0 Å². The molecular weight excluding hydrogens is 264 g/mol. The molecule has 0 aromatic carbocycles. The number of nitrogens with one attached hydrogen (secondary N) is 2. The third-order valence-corrected chi connectivity index (χ3v) is 3.47. The fourth-order valence-corrected chi connectivity index (χ4v) is 2.36. The van der Waals surface area contributed by atoms with Crippen molar-refractivity contribution in [3.8, 4) is 0 Å². The van der Waals surface area contributed by atoms with Gasteiger partial charge in [0.15, 0.2) is 0 Å². The van der Waals surface area contributed by atoms with Gasteiger partial charge in [0.05, 0.1) is 6.26 Å². The minimum absolute atomic E-state index is 0.324. The lowest BCUT2D eigenvalue weighted by atomic mass is 10.1. The van der Waals surface area contributed by atoms with Crippen molar-refractivity contribution < 1.29 is 4.42 Å². The van der Waals surface area contributed by atoms with Crippen LogP contribution in [0.15, 0.2) is 29.1 Å². The van der Waals surface area contributed by atoms with Crippen LogP contribution in [-0.4, -0.2) is 23.1 Å². The Hall–Kier alpha value is -2.04. The Morgan fingerprint density at radius 1 is 1.24 bits per heavy atom. The van der Waals surface area contributed by atoms with Gasteiger partial charge in [-0.2, -0.15) is 0 Å². The molecule has 114 valence electrons. The van der Waals surface area contributed by atoms with Crippen molar-refractivity contribution in [2.24, 2.45) is 0 Å². The number of rotatable bonds is 8. The standard InChI is InChI=1S/C16H24N4O/c1-4-6-14-15(17-3)18-11-19-16(14)20-12(2)8-9-13-7-5-10-21-13/h5,7,10-12H,4,6,8-9H2,1-3H3,(H2,17,18,19,20). The monoisotopic (exact) mass is 288 g/mol. The number of nitrogens with zero attached hydrogens (tertiary/aromatic N) is 2. The summed E-state index contributed by atoms with van der Waals surface area (Å²) in [6.07, 6.45) is 7.27. The second-order valence-corrected chi connectivity index (χ2v) is 5.21. The van der Waals surface area contributed by atoms with E-state index in [1.165, 1.54) is 0 Å². The van der Waals surface area contributed by atoms with E-state index in [-0.39, 0.29) is 0 Å². The van der Waals surface area contributed by atoms with E-state index >= 15 is 0 Å². The zero-order chi connectivity index (χ0) is 15.1. The minimum atomic E-state index is 0.324. The van der Waals surface area contributed by atoms with Crippen molar-refractivity contribution in [1.29, 1.82) is 0 Å². The zero-order valence-corrected chi connectivity index (χ0v) is 13.0. The molecule has 2 heterocycles. The van der Waals surface area contributed by atoms with Crippen LogP contribution in [0.4, 0.5) is 11.6 Å². The fraction of sp³-hybridized carbons (Fsp3) is 0.500. The molecule has 0 fully saturated rings. The molecule has 2 aromatic heterocycles. The van der Waals surface area contributed by atoms with Gasteiger partial charge in [-0.25, -0.2) is 9.97 Å². The minimum Gasteiger partial charge on any atom is -0.469 e. The Balaban J connectivity index is 2.00. The first-order valence-electron chi connectivity index (χ1n) is 7.55. The van der Waals surface area contributed by atoms with Crippen LogP contribution in [0.2, 0.25) is 0 Å². The van der Waals surface area contributed by atoms with Crippen LogP contribution in [0.3, 0.4) is 0 Å². The molecule has 0 saturated carbocycles. The molecule has 0 spiro atoms. The van der Waals surface area contributed by atoms with E-state index in [1.807, 2.05) is 19.2 Å². The summed E-state index contributed by atoms with van der Waals surface area (Å²) in [5.41, 5.74) is 1.16. The zero-order valence-electron chi connectivity index (χ0n) is 13.0. The van der Waals surface area contributed by atoms with Crippen molar-refractivity contribution >= 4 is 11.6 Å². The molecule has 0 amide bonds. The molecule has 2 aromatic rings. The van der Waals surface area contributed by atoms with Gasteiger partial charge in [0, 0.05) is 25.1 Å². The van der Waals surface area contributed by atoms with E-state index in [9.17, 15) is 0 Å². The van der Waals surface area contributed by atoms with Gasteiger partial charge >= 0.3 is 0 Å². The number of anilines is 2. The van der Waals surface area contributed by atoms with E-state index in [4.69, 9.17) is 4.42 Å². The number of hydrogen-bond acceptors (Lipinski definition) is 5. The third-order valence-electron chi connectivity index (χ3n) is 3.47. The smallest absolute Gasteiger partial charge is 0.134 e. The van der Waals surface area contributed by atoms with Gasteiger partial charge in [-0.05, 0) is 31.9 Å². The normalized spacial score (nSPS) is 12.1. The van der Waals surface area contributed by atoms with Crippen molar-refractivity contribution in [3.05, 3.63) is 36.0 Å². The third kappa shape index (κ3) is 4.21. The Kier molecular flexibility index (Phi) is 5.60. The summed E-state index contributed by atoms with van der Waals surface area (Å²) >= 11 is 0. The maximum absolute atomic E-state index is 5.37. The predicted octanol–water partition coefficient (Wildman–Crippen LogP) is 3.50. The van der Waals surface area contributed by atoms with E-state index < -0.39 is 0 Å². The number of aromatic nitrogens is 2. The number of furan rings is 1. The number of hydrogen-bond donors (Lipinski definition) is 2. The summed E-state index contributed by atoms with van der Waals surface area (Å²) in [7, 11) is 1.89. The van der Waals surface area contributed by atoms with Crippen LogP contribution in [0.25, 0.3) is 0 Å². The van der Waals surface area contributed by atoms with Gasteiger partial charge in [0.1, 0.15) is 23.7 Å². The SMILES string of the molecule is CCCc1c(NC)ncnc1NC(C)CCc1ccco1. The second-order valence-electron chi connectivity index (χ2n) is 5.21. The molecule has 2 rings (SSSR count). The predicted molar refractivity (Wildman–Crippen MR) is 85.7 cm³/mol. The van der Waals surface area contributed by atoms with Gasteiger partial charge < -0.3 is 15.1 Å². The highest BCUT2D eigenvalue weighted by Gasteiger charge is 2.12. The lowest BCUT2D eigenvalue weighted by molar-refractivity contribution is 0.494. The molecule has 0 radical (unpaired) electrons. The summed E-state index contributed by atoms with van der Waals surface area (Å²) in [6.45, 7) is 4.33. The molecule has 0 aliphatic heterocycles. The molecule has 0 saturated heterocycles. The van der Waals surface area contributed by atoms with E-state index in [0.717, 1.165) is 48.6 Å². The van der Waals surface area contributed by atoms with Crippen molar-refractivity contribution in [2.45, 2.75) is 45.6 Å². The Bertz CT molecular complexity index is 539. The Morgan fingerprint density at radius 2 is 2.05 bits per heavy atom. The van der Waals surface area contributed by atoms with Crippen LogP contribution in [0.1, 0.15) is 38.0 Å². The van der Waals surface area contributed by atoms with Crippen molar-refractivity contribution in [2.75, 3.05) is 17.7 Å². The molecule has 1 atom stereocenters. The van der Waals surface area contributed by atoms with Crippen LogP contribution in [-0.2, 0) is 12.8 Å². The van der Waals surface area contributed by atoms with E-state index in [0.29, 0.717) is 6.04 Å². The first kappa shape index (κ1) is 15.4. The Morgan fingerprint density at radius 3 is 2.71 bits per heavy atom. The van der Waals surface area contributed by atoms with Crippen molar-refractivity contribution in [3.63, 3.8) is 0 Å². The van der Waals surface area contributed by atoms with Crippen LogP contribution in [0, 0.1) is 0 Å². The Labute approximate surface area is 126 Å². The molecule has 0 bridgehead atoms. The maximum atomic E-state index is 5.37. The largest absolute Gasteiger partial charge is 0.469 e. The van der Waals surface area contributed by atoms with Gasteiger partial charge in [0.25, 0.3) is 0 Å². The topological polar surface area (TPSA) is 63.0 Å². The first-order valence-corrected chi connectivity index (χ1v) is 7.55. The average Bonchev–Trinajstić information content (AvgIpc) is 3.00. The highest BCUT2D eigenvalue weighted by atomic mass is 16.3. The van der Waals surface area contributed by atoms with Gasteiger partial charge in [-0.15, -0.1) is 0 Å². The molecule has 5 heteroatoms. The molecular formula is C16H24N4O. The summed E-state index contributed by atoms with van der Waals surface area (Å²) < 4.78 is 5.37. The lowest BCUT2D eigenvalue weighted by Crippen LogP contribution is -2.19. The molecule has 0 aliphatic carbocycles. The van der Waals surface area contributed by atoms with Crippen LogP contribution in [0.5, 0.6) is 0 Å². The quantitative estimate of drug-likeness (QED) is 0.778. The van der Waals surface area contributed by atoms with Crippen LogP contribution < -0.4 is 10.6 Å². The summed E-state index contributed by atoms with van der Waals surface area (Å²) in [4.78, 5) is 8.70. The first-order chi connectivity index (χ1) is 10.2. The number of aryl methyl sites for hydroxylation is 1. The molecule has 1 unspecified atom stereocenters. The summed E-state index contributed by atoms with van der Waals surface area (Å²) in [6, 6.07) is 4.26. The average molecular weight is 288 g/mol. The molecule has 21 heavy (non-hydrogen) atoms. The van der Waals surface area contributed by atoms with Crippen LogP contribution >= 0.6 is 0 Å². The molecule has 5 nitrogen and oxygen atoms in total. The fourth-order valence-electron chi connectivity index (χ4n) is 2.36. The molecule has 0 aliphatic rings. The van der Waals surface area contributed by atoms with Crippen molar-refractivity contribution in [1.82, 2.24) is 9.97 Å². The highest BCUT2D eigenvalue weighted by molar-refractivity contribution is 5.57. The second kappa shape index (κ2) is 7.67.